The van der Waals surface area contributed by atoms with E-state index in [2.05, 4.69) is 15.2 Å². The van der Waals surface area contributed by atoms with Crippen LogP contribution in [0.25, 0.3) is 0 Å². The molecular weight excluding hydrogens is 359 g/mol. The van der Waals surface area contributed by atoms with Crippen molar-refractivity contribution in [3.05, 3.63) is 77.6 Å². The molecule has 3 aromatic rings. The quantitative estimate of drug-likeness (QED) is 0.710. The Morgan fingerprint density at radius 3 is 2.93 bits per heavy atom. The highest BCUT2D eigenvalue weighted by Crippen LogP contribution is 2.32. The Morgan fingerprint density at radius 2 is 2.14 bits per heavy atom. The molecule has 0 radical (unpaired) electrons. The van der Waals surface area contributed by atoms with E-state index in [9.17, 15) is 9.18 Å². The smallest absolute Gasteiger partial charge is 0.255 e. The van der Waals surface area contributed by atoms with Crippen molar-refractivity contribution in [3.8, 4) is 5.75 Å². The van der Waals surface area contributed by atoms with Crippen LogP contribution in [0.3, 0.4) is 0 Å². The van der Waals surface area contributed by atoms with Gasteiger partial charge in [0, 0.05) is 31.1 Å². The minimum Gasteiger partial charge on any atom is -0.493 e. The zero-order chi connectivity index (χ0) is 19.3. The van der Waals surface area contributed by atoms with Crippen LogP contribution < -0.4 is 4.74 Å². The lowest BCUT2D eigenvalue weighted by atomic mass is 10.1. The number of hydrogen-bond donors (Lipinski definition) is 1. The van der Waals surface area contributed by atoms with Crippen LogP contribution in [0.15, 0.2) is 54.9 Å². The van der Waals surface area contributed by atoms with Gasteiger partial charge in [-0.25, -0.2) is 4.39 Å². The van der Waals surface area contributed by atoms with Gasteiger partial charge in [0.1, 0.15) is 11.6 Å². The van der Waals surface area contributed by atoms with E-state index in [-0.39, 0.29) is 17.8 Å². The van der Waals surface area contributed by atoms with E-state index in [1.807, 2.05) is 11.0 Å². The van der Waals surface area contributed by atoms with E-state index in [0.717, 1.165) is 24.2 Å². The number of nitrogens with one attached hydrogen (secondary N) is 1. The SMILES string of the molecule is O=C(c1cccnc1)N1CCC[C@H]1c1cc(CCOc2ccc(F)cc2)[nH]n1. The van der Waals surface area contributed by atoms with Crippen LogP contribution in [-0.2, 0) is 6.42 Å². The first-order valence-corrected chi connectivity index (χ1v) is 9.34. The summed E-state index contributed by atoms with van der Waals surface area (Å²) < 4.78 is 18.6. The van der Waals surface area contributed by atoms with Gasteiger partial charge < -0.3 is 9.64 Å². The van der Waals surface area contributed by atoms with Crippen LogP contribution >= 0.6 is 0 Å². The van der Waals surface area contributed by atoms with Gasteiger partial charge in [0.05, 0.1) is 23.9 Å². The van der Waals surface area contributed by atoms with Crippen molar-refractivity contribution in [3.63, 3.8) is 0 Å². The van der Waals surface area contributed by atoms with Crippen LogP contribution in [0, 0.1) is 5.82 Å². The fourth-order valence-electron chi connectivity index (χ4n) is 3.46. The van der Waals surface area contributed by atoms with Gasteiger partial charge >= 0.3 is 0 Å². The molecular formula is C21H21FN4O2. The van der Waals surface area contributed by atoms with E-state index in [1.165, 1.54) is 12.1 Å². The standard InChI is InChI=1S/C21H21FN4O2/c22-16-5-7-18(8-6-16)28-12-9-17-13-19(25-24-17)20-4-2-11-26(20)21(27)15-3-1-10-23-14-15/h1,3,5-8,10,13-14,20H,2,4,9,11-12H2,(H,24,25)/t20-/m0/s1. The van der Waals surface area contributed by atoms with Crippen molar-refractivity contribution < 1.29 is 13.9 Å². The van der Waals surface area contributed by atoms with E-state index < -0.39 is 0 Å². The van der Waals surface area contributed by atoms with E-state index >= 15 is 0 Å². The molecule has 28 heavy (non-hydrogen) atoms. The number of likely N-dealkylation sites (tertiary alicyclic amines) is 1. The molecule has 1 saturated heterocycles. The third-order valence-electron chi connectivity index (χ3n) is 4.87. The molecule has 1 atom stereocenters. The summed E-state index contributed by atoms with van der Waals surface area (Å²) in [5.74, 6) is 0.331. The van der Waals surface area contributed by atoms with Crippen molar-refractivity contribution >= 4 is 5.91 Å². The minimum absolute atomic E-state index is 0.0141. The molecule has 4 rings (SSSR count). The lowest BCUT2D eigenvalue weighted by Gasteiger charge is -2.23. The second-order valence-electron chi connectivity index (χ2n) is 6.77. The molecule has 0 bridgehead atoms. The molecule has 1 aliphatic rings. The number of aromatic nitrogens is 3. The molecule has 144 valence electrons. The Labute approximate surface area is 162 Å². The Bertz CT molecular complexity index is 927. The lowest BCUT2D eigenvalue weighted by Crippen LogP contribution is -2.30. The normalized spacial score (nSPS) is 16.3. The lowest BCUT2D eigenvalue weighted by molar-refractivity contribution is 0.0732. The number of pyridine rings is 1. The summed E-state index contributed by atoms with van der Waals surface area (Å²) in [6.07, 6.45) is 5.75. The van der Waals surface area contributed by atoms with Gasteiger partial charge in [-0.2, -0.15) is 5.10 Å². The first kappa shape index (κ1) is 18.2. The monoisotopic (exact) mass is 380 g/mol. The highest BCUT2D eigenvalue weighted by atomic mass is 19.1. The van der Waals surface area contributed by atoms with Crippen LogP contribution in [0.1, 0.15) is 40.6 Å². The van der Waals surface area contributed by atoms with Gasteiger partial charge in [-0.05, 0) is 55.3 Å². The molecule has 1 fully saturated rings. The summed E-state index contributed by atoms with van der Waals surface area (Å²) in [6, 6.07) is 11.5. The Balaban J connectivity index is 1.37. The summed E-state index contributed by atoms with van der Waals surface area (Å²) in [5.41, 5.74) is 2.40. The average molecular weight is 380 g/mol. The number of rotatable bonds is 6. The summed E-state index contributed by atoms with van der Waals surface area (Å²) >= 11 is 0. The van der Waals surface area contributed by atoms with Crippen LogP contribution in [0.5, 0.6) is 5.75 Å². The zero-order valence-electron chi connectivity index (χ0n) is 15.3. The van der Waals surface area contributed by atoms with Gasteiger partial charge in [-0.15, -0.1) is 0 Å². The van der Waals surface area contributed by atoms with E-state index in [4.69, 9.17) is 4.74 Å². The number of benzene rings is 1. The maximum Gasteiger partial charge on any atom is 0.255 e. The van der Waals surface area contributed by atoms with Crippen molar-refractivity contribution in [2.45, 2.75) is 25.3 Å². The van der Waals surface area contributed by atoms with Crippen molar-refractivity contribution in [2.24, 2.45) is 0 Å². The molecule has 0 aliphatic carbocycles. The van der Waals surface area contributed by atoms with Gasteiger partial charge in [0.2, 0.25) is 0 Å². The third kappa shape index (κ3) is 4.03. The number of aromatic amines is 1. The van der Waals surface area contributed by atoms with E-state index in [0.29, 0.717) is 30.9 Å². The maximum absolute atomic E-state index is 12.9. The molecule has 0 unspecified atom stereocenters. The molecule has 7 heteroatoms. The first-order valence-electron chi connectivity index (χ1n) is 9.34. The number of carbonyl (C=O) groups excluding carboxylic acids is 1. The average Bonchev–Trinajstić information content (AvgIpc) is 3.39. The number of ether oxygens (including phenoxy) is 1. The second kappa shape index (κ2) is 8.21. The maximum atomic E-state index is 12.9. The third-order valence-corrected chi connectivity index (χ3v) is 4.87. The predicted molar refractivity (Wildman–Crippen MR) is 101 cm³/mol. The molecule has 0 spiro atoms. The number of carbonyl (C=O) groups is 1. The fourth-order valence-corrected chi connectivity index (χ4v) is 3.46. The van der Waals surface area contributed by atoms with Crippen LogP contribution in [-0.4, -0.2) is 39.1 Å². The minimum atomic E-state index is -0.285. The van der Waals surface area contributed by atoms with Gasteiger partial charge in [-0.1, -0.05) is 0 Å². The van der Waals surface area contributed by atoms with Gasteiger partial charge in [-0.3, -0.25) is 14.9 Å². The Kier molecular flexibility index (Phi) is 5.32. The Hall–Kier alpha value is -3.22. The van der Waals surface area contributed by atoms with Crippen molar-refractivity contribution in [2.75, 3.05) is 13.2 Å². The largest absolute Gasteiger partial charge is 0.493 e. The Morgan fingerprint density at radius 1 is 1.29 bits per heavy atom. The fraction of sp³-hybridized carbons (Fsp3) is 0.286. The molecule has 2 aromatic heterocycles. The first-order chi connectivity index (χ1) is 13.7. The second-order valence-corrected chi connectivity index (χ2v) is 6.77. The highest BCUT2D eigenvalue weighted by Gasteiger charge is 2.32. The highest BCUT2D eigenvalue weighted by molar-refractivity contribution is 5.94. The number of nitrogens with zero attached hydrogens (tertiary/aromatic N) is 3. The number of halogens is 1. The molecule has 6 nitrogen and oxygen atoms in total. The van der Waals surface area contributed by atoms with E-state index in [1.54, 1.807) is 36.7 Å². The molecule has 0 saturated carbocycles. The van der Waals surface area contributed by atoms with Crippen LogP contribution in [0.4, 0.5) is 4.39 Å². The van der Waals surface area contributed by atoms with Crippen molar-refractivity contribution in [1.82, 2.24) is 20.1 Å². The topological polar surface area (TPSA) is 71.1 Å². The van der Waals surface area contributed by atoms with Gasteiger partial charge in [0.25, 0.3) is 5.91 Å². The summed E-state index contributed by atoms with van der Waals surface area (Å²) in [6.45, 7) is 1.17. The zero-order valence-corrected chi connectivity index (χ0v) is 15.3. The number of hydrogen-bond acceptors (Lipinski definition) is 4. The molecule has 1 N–H and O–H groups in total. The van der Waals surface area contributed by atoms with Gasteiger partial charge in [0.15, 0.2) is 0 Å². The molecule has 1 aliphatic heterocycles. The number of H-pyrrole nitrogens is 1. The molecule has 1 amide bonds. The summed E-state index contributed by atoms with van der Waals surface area (Å²) in [7, 11) is 0. The predicted octanol–water partition coefficient (Wildman–Crippen LogP) is 3.54. The summed E-state index contributed by atoms with van der Waals surface area (Å²) in [4.78, 5) is 18.7. The number of amides is 1. The molecule has 3 heterocycles. The molecule has 1 aromatic carbocycles. The van der Waals surface area contributed by atoms with Crippen molar-refractivity contribution in [1.29, 1.82) is 0 Å². The summed E-state index contributed by atoms with van der Waals surface area (Å²) in [5, 5.41) is 7.46. The van der Waals surface area contributed by atoms with Crippen LogP contribution in [0.2, 0.25) is 0 Å².